The predicted molar refractivity (Wildman–Crippen MR) is 98.9 cm³/mol. The van der Waals surface area contributed by atoms with Crippen LogP contribution in [0.2, 0.25) is 0 Å². The van der Waals surface area contributed by atoms with Crippen molar-refractivity contribution in [1.82, 2.24) is 5.32 Å². The van der Waals surface area contributed by atoms with Crippen molar-refractivity contribution in [3.8, 4) is 0 Å². The SMILES string of the molecule is COCC(=O)Nc1ccc(N(C)C)c(C(=O)NCc2ccccc2)c1. The highest BCUT2D eigenvalue weighted by Gasteiger charge is 2.14. The van der Waals surface area contributed by atoms with Gasteiger partial charge in [-0.3, -0.25) is 9.59 Å². The number of methoxy groups -OCH3 is 1. The van der Waals surface area contributed by atoms with Crippen LogP contribution in [0.1, 0.15) is 15.9 Å². The highest BCUT2D eigenvalue weighted by Crippen LogP contribution is 2.23. The fourth-order valence-corrected chi connectivity index (χ4v) is 2.39. The van der Waals surface area contributed by atoms with E-state index in [2.05, 4.69) is 10.6 Å². The van der Waals surface area contributed by atoms with Crippen LogP contribution in [0.5, 0.6) is 0 Å². The third-order valence-electron chi connectivity index (χ3n) is 3.58. The lowest BCUT2D eigenvalue weighted by atomic mass is 10.1. The third-order valence-corrected chi connectivity index (χ3v) is 3.58. The maximum atomic E-state index is 12.6. The monoisotopic (exact) mass is 341 g/mol. The van der Waals surface area contributed by atoms with Crippen LogP contribution in [0.3, 0.4) is 0 Å². The average molecular weight is 341 g/mol. The molecule has 0 unspecified atom stereocenters. The molecule has 6 nitrogen and oxygen atoms in total. The topological polar surface area (TPSA) is 70.7 Å². The Morgan fingerprint density at radius 2 is 1.80 bits per heavy atom. The van der Waals surface area contributed by atoms with E-state index in [1.165, 1.54) is 7.11 Å². The normalized spacial score (nSPS) is 10.2. The zero-order valence-electron chi connectivity index (χ0n) is 14.7. The van der Waals surface area contributed by atoms with Gasteiger partial charge in [0.05, 0.1) is 5.56 Å². The summed E-state index contributed by atoms with van der Waals surface area (Å²) in [5.41, 5.74) is 2.84. The van der Waals surface area contributed by atoms with Gasteiger partial charge in [0.25, 0.3) is 5.91 Å². The van der Waals surface area contributed by atoms with Crippen LogP contribution in [0, 0.1) is 0 Å². The first kappa shape index (κ1) is 18.5. The Morgan fingerprint density at radius 3 is 2.44 bits per heavy atom. The average Bonchev–Trinajstić information content (AvgIpc) is 2.60. The summed E-state index contributed by atoms with van der Waals surface area (Å²) in [6.07, 6.45) is 0. The minimum absolute atomic E-state index is 0.0367. The van der Waals surface area contributed by atoms with Gasteiger partial charge in [-0.25, -0.2) is 0 Å². The first-order valence-electron chi connectivity index (χ1n) is 7.93. The van der Waals surface area contributed by atoms with Crippen LogP contribution >= 0.6 is 0 Å². The Bertz CT molecular complexity index is 730. The van der Waals surface area contributed by atoms with Crippen LogP contribution in [0.4, 0.5) is 11.4 Å². The van der Waals surface area contributed by atoms with Crippen molar-refractivity contribution >= 4 is 23.2 Å². The molecule has 0 bridgehead atoms. The van der Waals surface area contributed by atoms with E-state index >= 15 is 0 Å². The summed E-state index contributed by atoms with van der Waals surface area (Å²) in [5, 5.41) is 5.63. The quantitative estimate of drug-likeness (QED) is 0.810. The summed E-state index contributed by atoms with van der Waals surface area (Å²) in [7, 11) is 5.19. The van der Waals surface area contributed by atoms with Gasteiger partial charge in [-0.2, -0.15) is 0 Å². The minimum Gasteiger partial charge on any atom is -0.377 e. The van der Waals surface area contributed by atoms with Crippen LogP contribution < -0.4 is 15.5 Å². The molecule has 0 spiro atoms. The van der Waals surface area contributed by atoms with Crippen LogP contribution in [-0.4, -0.2) is 39.6 Å². The van der Waals surface area contributed by atoms with E-state index in [4.69, 9.17) is 4.74 Å². The smallest absolute Gasteiger partial charge is 0.253 e. The fraction of sp³-hybridized carbons (Fsp3) is 0.263. The van der Waals surface area contributed by atoms with E-state index in [-0.39, 0.29) is 18.4 Å². The minimum atomic E-state index is -0.268. The van der Waals surface area contributed by atoms with E-state index in [1.54, 1.807) is 18.2 Å². The molecule has 2 rings (SSSR count). The van der Waals surface area contributed by atoms with E-state index < -0.39 is 0 Å². The zero-order valence-corrected chi connectivity index (χ0v) is 14.7. The predicted octanol–water partition coefficient (Wildman–Crippen LogP) is 2.27. The molecule has 0 saturated heterocycles. The first-order chi connectivity index (χ1) is 12.0. The van der Waals surface area contributed by atoms with Gasteiger partial charge in [0.1, 0.15) is 6.61 Å². The van der Waals surface area contributed by atoms with E-state index in [0.29, 0.717) is 17.8 Å². The fourth-order valence-electron chi connectivity index (χ4n) is 2.39. The van der Waals surface area contributed by atoms with Crippen molar-refractivity contribution in [3.05, 3.63) is 59.7 Å². The highest BCUT2D eigenvalue weighted by atomic mass is 16.5. The molecule has 0 saturated carbocycles. The molecule has 2 N–H and O–H groups in total. The number of carbonyl (C=O) groups excluding carboxylic acids is 2. The van der Waals surface area contributed by atoms with Gasteiger partial charge in [-0.1, -0.05) is 30.3 Å². The maximum absolute atomic E-state index is 12.6. The number of nitrogens with one attached hydrogen (secondary N) is 2. The number of hydrogen-bond donors (Lipinski definition) is 2. The van der Waals surface area contributed by atoms with Crippen molar-refractivity contribution in [2.45, 2.75) is 6.54 Å². The zero-order chi connectivity index (χ0) is 18.2. The van der Waals surface area contributed by atoms with E-state index in [9.17, 15) is 9.59 Å². The Labute approximate surface area is 147 Å². The summed E-state index contributed by atoms with van der Waals surface area (Å²) in [6, 6.07) is 14.9. The van der Waals surface area contributed by atoms with Gasteiger partial charge in [0.2, 0.25) is 5.91 Å². The molecule has 0 aromatic heterocycles. The summed E-state index contributed by atoms with van der Waals surface area (Å²) in [5.74, 6) is -0.467. The van der Waals surface area contributed by atoms with Crippen molar-refractivity contribution in [1.29, 1.82) is 0 Å². The Morgan fingerprint density at radius 1 is 1.08 bits per heavy atom. The molecule has 6 heteroatoms. The van der Waals surface area contributed by atoms with Gasteiger partial charge in [0.15, 0.2) is 0 Å². The molecular weight excluding hydrogens is 318 g/mol. The summed E-state index contributed by atoms with van der Waals surface area (Å²) >= 11 is 0. The van der Waals surface area contributed by atoms with E-state index in [1.807, 2.05) is 49.3 Å². The van der Waals surface area contributed by atoms with Crippen molar-refractivity contribution in [3.63, 3.8) is 0 Å². The lowest BCUT2D eigenvalue weighted by Crippen LogP contribution is -2.26. The summed E-state index contributed by atoms with van der Waals surface area (Å²) in [6.45, 7) is 0.401. The van der Waals surface area contributed by atoms with Crippen molar-refractivity contribution < 1.29 is 14.3 Å². The second-order valence-corrected chi connectivity index (χ2v) is 5.78. The number of carbonyl (C=O) groups is 2. The number of anilines is 2. The molecule has 0 aliphatic heterocycles. The molecule has 0 heterocycles. The summed E-state index contributed by atoms with van der Waals surface area (Å²) < 4.78 is 4.80. The van der Waals surface area contributed by atoms with E-state index in [0.717, 1.165) is 11.3 Å². The highest BCUT2D eigenvalue weighted by molar-refractivity contribution is 6.02. The molecule has 0 fully saturated rings. The van der Waals surface area contributed by atoms with Gasteiger partial charge in [-0.15, -0.1) is 0 Å². The number of hydrogen-bond acceptors (Lipinski definition) is 4. The second-order valence-electron chi connectivity index (χ2n) is 5.78. The molecule has 0 aliphatic rings. The molecule has 132 valence electrons. The number of ether oxygens (including phenoxy) is 1. The van der Waals surface area contributed by atoms with Crippen molar-refractivity contribution in [2.24, 2.45) is 0 Å². The summed E-state index contributed by atoms with van der Waals surface area (Å²) in [4.78, 5) is 26.2. The number of amides is 2. The second kappa shape index (κ2) is 8.84. The standard InChI is InChI=1S/C19H23N3O3/c1-22(2)17-10-9-15(21-18(23)13-25-3)11-16(17)19(24)20-12-14-7-5-4-6-8-14/h4-11H,12-13H2,1-3H3,(H,20,24)(H,21,23). The molecule has 0 atom stereocenters. The Balaban J connectivity index is 2.17. The molecular formula is C19H23N3O3. The molecule has 25 heavy (non-hydrogen) atoms. The Kier molecular flexibility index (Phi) is 6.54. The largest absolute Gasteiger partial charge is 0.377 e. The maximum Gasteiger partial charge on any atom is 0.253 e. The van der Waals surface area contributed by atoms with Crippen LogP contribution in [0.25, 0.3) is 0 Å². The molecule has 2 aromatic carbocycles. The molecule has 0 radical (unpaired) electrons. The van der Waals surface area contributed by atoms with Crippen LogP contribution in [-0.2, 0) is 16.1 Å². The number of rotatable bonds is 7. The lowest BCUT2D eigenvalue weighted by molar-refractivity contribution is -0.119. The van der Waals surface area contributed by atoms with Gasteiger partial charge in [0, 0.05) is 39.1 Å². The Hall–Kier alpha value is -2.86. The molecule has 0 aliphatic carbocycles. The molecule has 2 aromatic rings. The van der Waals surface area contributed by atoms with Gasteiger partial charge < -0.3 is 20.3 Å². The number of benzene rings is 2. The molecule has 2 amide bonds. The van der Waals surface area contributed by atoms with Gasteiger partial charge >= 0.3 is 0 Å². The number of nitrogens with zero attached hydrogens (tertiary/aromatic N) is 1. The third kappa shape index (κ3) is 5.32. The first-order valence-corrected chi connectivity index (χ1v) is 7.93. The van der Waals surface area contributed by atoms with Crippen molar-refractivity contribution in [2.75, 3.05) is 38.0 Å². The van der Waals surface area contributed by atoms with Gasteiger partial charge in [-0.05, 0) is 23.8 Å². The lowest BCUT2D eigenvalue weighted by Gasteiger charge is -2.18. The van der Waals surface area contributed by atoms with Crippen LogP contribution in [0.15, 0.2) is 48.5 Å².